The van der Waals surface area contributed by atoms with Crippen LogP contribution in [0.4, 0.5) is 0 Å². The number of H-pyrrole nitrogens is 1. The number of carbonyl (C=O) groups excluding carboxylic acids is 1. The molecule has 6 heteroatoms. The highest BCUT2D eigenvalue weighted by atomic mass is 32.2. The van der Waals surface area contributed by atoms with Crippen LogP contribution in [0.5, 0.6) is 0 Å². The van der Waals surface area contributed by atoms with Crippen LogP contribution < -0.4 is 5.32 Å². The molecule has 3 aromatic rings. The summed E-state index contributed by atoms with van der Waals surface area (Å²) in [6.07, 6.45) is 1.47. The second-order valence-electron chi connectivity index (χ2n) is 5.40. The molecule has 0 bridgehead atoms. The summed E-state index contributed by atoms with van der Waals surface area (Å²) in [5, 5.41) is 10.4. The summed E-state index contributed by atoms with van der Waals surface area (Å²) in [7, 11) is 0. The molecule has 0 aliphatic heterocycles. The van der Waals surface area contributed by atoms with Gasteiger partial charge in [-0.1, -0.05) is 59.8 Å². The van der Waals surface area contributed by atoms with Crippen molar-refractivity contribution in [1.82, 2.24) is 20.5 Å². The standard InChI is InChI=1S/C18H18N4OS/c1-13-6-8-14(9-7-13)10-19-17(23)16-5-3-2-4-15(16)11-24-18-20-12-21-22-18/h2-9,12H,10-11H2,1H3,(H,19,23)(H,20,21,22). The highest BCUT2D eigenvalue weighted by Gasteiger charge is 2.11. The van der Waals surface area contributed by atoms with Crippen LogP contribution in [0.15, 0.2) is 60.0 Å². The number of nitrogens with zero attached hydrogens (tertiary/aromatic N) is 2. The first-order chi connectivity index (χ1) is 11.7. The molecule has 0 spiro atoms. The molecule has 0 saturated heterocycles. The molecule has 1 aromatic heterocycles. The molecular weight excluding hydrogens is 320 g/mol. The van der Waals surface area contributed by atoms with Crippen molar-refractivity contribution in [3.05, 3.63) is 77.1 Å². The number of aromatic nitrogens is 3. The molecule has 0 aliphatic rings. The van der Waals surface area contributed by atoms with Crippen molar-refractivity contribution in [2.24, 2.45) is 0 Å². The van der Waals surface area contributed by atoms with Crippen molar-refractivity contribution in [3.63, 3.8) is 0 Å². The summed E-state index contributed by atoms with van der Waals surface area (Å²) < 4.78 is 0. The summed E-state index contributed by atoms with van der Waals surface area (Å²) in [5.41, 5.74) is 3.96. The minimum atomic E-state index is -0.0654. The number of benzene rings is 2. The van der Waals surface area contributed by atoms with E-state index in [0.29, 0.717) is 17.9 Å². The second kappa shape index (κ2) is 7.79. The van der Waals surface area contributed by atoms with E-state index in [1.54, 1.807) is 0 Å². The highest BCUT2D eigenvalue weighted by Crippen LogP contribution is 2.21. The van der Waals surface area contributed by atoms with E-state index in [4.69, 9.17) is 0 Å². The van der Waals surface area contributed by atoms with Gasteiger partial charge in [-0.15, -0.1) is 0 Å². The first kappa shape index (κ1) is 16.3. The lowest BCUT2D eigenvalue weighted by Crippen LogP contribution is -2.23. The first-order valence-corrected chi connectivity index (χ1v) is 8.61. The number of amides is 1. The lowest BCUT2D eigenvalue weighted by Gasteiger charge is -2.10. The summed E-state index contributed by atoms with van der Waals surface area (Å²) in [5.74, 6) is 0.591. The summed E-state index contributed by atoms with van der Waals surface area (Å²) in [6.45, 7) is 2.56. The van der Waals surface area contributed by atoms with Crippen molar-refractivity contribution < 1.29 is 4.79 Å². The van der Waals surface area contributed by atoms with Gasteiger partial charge < -0.3 is 5.32 Å². The number of thioether (sulfide) groups is 1. The van der Waals surface area contributed by atoms with Gasteiger partial charge in [0.2, 0.25) is 0 Å². The van der Waals surface area contributed by atoms with Crippen LogP contribution in [-0.4, -0.2) is 21.1 Å². The fourth-order valence-electron chi connectivity index (χ4n) is 2.26. The fraction of sp³-hybridized carbons (Fsp3) is 0.167. The molecule has 3 rings (SSSR count). The Morgan fingerprint density at radius 1 is 1.17 bits per heavy atom. The Morgan fingerprint density at radius 3 is 2.71 bits per heavy atom. The SMILES string of the molecule is Cc1ccc(CNC(=O)c2ccccc2CSc2ncn[nH]2)cc1. The minimum Gasteiger partial charge on any atom is -0.348 e. The molecule has 1 amide bonds. The maximum Gasteiger partial charge on any atom is 0.251 e. The maximum atomic E-state index is 12.5. The van der Waals surface area contributed by atoms with Gasteiger partial charge in [-0.3, -0.25) is 9.89 Å². The molecular formula is C18H18N4OS. The van der Waals surface area contributed by atoms with Gasteiger partial charge in [0.25, 0.3) is 5.91 Å². The lowest BCUT2D eigenvalue weighted by atomic mass is 10.1. The van der Waals surface area contributed by atoms with E-state index in [-0.39, 0.29) is 5.91 Å². The minimum absolute atomic E-state index is 0.0654. The maximum absolute atomic E-state index is 12.5. The van der Waals surface area contributed by atoms with Crippen molar-refractivity contribution >= 4 is 17.7 Å². The molecule has 2 aromatic carbocycles. The number of aryl methyl sites for hydroxylation is 1. The Bertz CT molecular complexity index is 800. The summed E-state index contributed by atoms with van der Waals surface area (Å²) in [4.78, 5) is 16.6. The zero-order chi connectivity index (χ0) is 16.8. The average molecular weight is 338 g/mol. The summed E-state index contributed by atoms with van der Waals surface area (Å²) in [6, 6.07) is 15.8. The van der Waals surface area contributed by atoms with E-state index in [0.717, 1.165) is 16.3 Å². The molecule has 2 N–H and O–H groups in total. The third-order valence-corrected chi connectivity index (χ3v) is 4.52. The van der Waals surface area contributed by atoms with E-state index in [1.165, 1.54) is 23.7 Å². The molecule has 0 fully saturated rings. The highest BCUT2D eigenvalue weighted by molar-refractivity contribution is 7.98. The molecule has 0 atom stereocenters. The molecule has 5 nitrogen and oxygen atoms in total. The predicted octanol–water partition coefficient (Wildman–Crippen LogP) is 3.34. The number of carbonyl (C=O) groups is 1. The van der Waals surface area contributed by atoms with E-state index >= 15 is 0 Å². The molecule has 0 saturated carbocycles. The van der Waals surface area contributed by atoms with Crippen LogP contribution in [0.3, 0.4) is 0 Å². The Morgan fingerprint density at radius 2 is 1.96 bits per heavy atom. The quantitative estimate of drug-likeness (QED) is 0.676. The molecule has 24 heavy (non-hydrogen) atoms. The first-order valence-electron chi connectivity index (χ1n) is 7.62. The Labute approximate surface area is 144 Å². The van der Waals surface area contributed by atoms with Crippen LogP contribution >= 0.6 is 11.8 Å². The zero-order valence-corrected chi connectivity index (χ0v) is 14.1. The summed E-state index contributed by atoms with van der Waals surface area (Å²) >= 11 is 1.52. The number of hydrogen-bond donors (Lipinski definition) is 2. The van der Waals surface area contributed by atoms with Gasteiger partial charge in [-0.25, -0.2) is 4.98 Å². The van der Waals surface area contributed by atoms with Crippen LogP contribution in [0.1, 0.15) is 27.0 Å². The van der Waals surface area contributed by atoms with Gasteiger partial charge in [0.05, 0.1) is 0 Å². The Hall–Kier alpha value is -2.60. The van der Waals surface area contributed by atoms with E-state index < -0.39 is 0 Å². The molecule has 0 radical (unpaired) electrons. The smallest absolute Gasteiger partial charge is 0.251 e. The van der Waals surface area contributed by atoms with Crippen molar-refractivity contribution in [3.8, 4) is 0 Å². The average Bonchev–Trinajstić information content (AvgIpc) is 3.13. The van der Waals surface area contributed by atoms with Crippen LogP contribution in [0.25, 0.3) is 0 Å². The second-order valence-corrected chi connectivity index (χ2v) is 6.37. The van der Waals surface area contributed by atoms with Crippen molar-refractivity contribution in [1.29, 1.82) is 0 Å². The van der Waals surface area contributed by atoms with Crippen LogP contribution in [0.2, 0.25) is 0 Å². The Kier molecular flexibility index (Phi) is 5.28. The monoisotopic (exact) mass is 338 g/mol. The molecule has 0 aliphatic carbocycles. The van der Waals surface area contributed by atoms with Crippen LogP contribution in [0, 0.1) is 6.92 Å². The van der Waals surface area contributed by atoms with E-state index in [1.807, 2.05) is 55.5 Å². The Balaban J connectivity index is 1.64. The van der Waals surface area contributed by atoms with Gasteiger partial charge in [0.15, 0.2) is 5.16 Å². The number of nitrogens with one attached hydrogen (secondary N) is 2. The van der Waals surface area contributed by atoms with Gasteiger partial charge in [0.1, 0.15) is 6.33 Å². The van der Waals surface area contributed by atoms with Gasteiger partial charge in [-0.05, 0) is 24.1 Å². The third-order valence-electron chi connectivity index (χ3n) is 3.59. The van der Waals surface area contributed by atoms with Gasteiger partial charge in [-0.2, -0.15) is 5.10 Å². The van der Waals surface area contributed by atoms with Gasteiger partial charge in [0, 0.05) is 17.9 Å². The number of aromatic amines is 1. The molecule has 1 heterocycles. The molecule has 122 valence electrons. The topological polar surface area (TPSA) is 70.7 Å². The fourth-order valence-corrected chi connectivity index (χ4v) is 3.04. The number of rotatable bonds is 6. The van der Waals surface area contributed by atoms with E-state index in [9.17, 15) is 4.79 Å². The van der Waals surface area contributed by atoms with E-state index in [2.05, 4.69) is 20.5 Å². The van der Waals surface area contributed by atoms with Crippen LogP contribution in [-0.2, 0) is 12.3 Å². The third kappa shape index (κ3) is 4.23. The largest absolute Gasteiger partial charge is 0.348 e. The molecule has 0 unspecified atom stereocenters. The zero-order valence-electron chi connectivity index (χ0n) is 13.3. The van der Waals surface area contributed by atoms with Crippen molar-refractivity contribution in [2.75, 3.05) is 0 Å². The van der Waals surface area contributed by atoms with Crippen molar-refractivity contribution in [2.45, 2.75) is 24.4 Å². The predicted molar refractivity (Wildman–Crippen MR) is 94.7 cm³/mol. The normalized spacial score (nSPS) is 10.5. The van der Waals surface area contributed by atoms with Gasteiger partial charge >= 0.3 is 0 Å². The number of hydrogen-bond acceptors (Lipinski definition) is 4. The lowest BCUT2D eigenvalue weighted by molar-refractivity contribution is 0.0950.